The summed E-state index contributed by atoms with van der Waals surface area (Å²) in [5, 5.41) is 11.0. The van der Waals surface area contributed by atoms with Crippen LogP contribution in [0.15, 0.2) is 48.5 Å². The van der Waals surface area contributed by atoms with E-state index in [1.54, 1.807) is 0 Å². The molecule has 1 unspecified atom stereocenters. The molecule has 0 aliphatic heterocycles. The van der Waals surface area contributed by atoms with Crippen LogP contribution in [0.1, 0.15) is 35.6 Å². The molecular weight excluding hydrogens is 232 g/mol. The molecule has 98 valence electrons. The summed E-state index contributed by atoms with van der Waals surface area (Å²) >= 11 is 0. The van der Waals surface area contributed by atoms with Crippen molar-refractivity contribution in [1.29, 1.82) is 0 Å². The topological polar surface area (TPSA) is 20.2 Å². The predicted molar refractivity (Wildman–Crippen MR) is 78.2 cm³/mol. The maximum absolute atomic E-state index is 11.0. The zero-order valence-electron chi connectivity index (χ0n) is 11.4. The van der Waals surface area contributed by atoms with Gasteiger partial charge in [-0.25, -0.2) is 0 Å². The summed E-state index contributed by atoms with van der Waals surface area (Å²) in [6.45, 7) is 2.15. The van der Waals surface area contributed by atoms with Gasteiger partial charge in [-0.15, -0.1) is 0 Å². The van der Waals surface area contributed by atoms with Crippen LogP contribution in [0.25, 0.3) is 0 Å². The molecule has 1 atom stereocenters. The van der Waals surface area contributed by atoms with Gasteiger partial charge >= 0.3 is 0 Å². The standard InChI is InChI=1S/C18H20O/c1-2-14-6-5-9-17(12-14)18(19)11-10-15-7-3-4-8-16(15)13-18/h3-9,12,19H,2,10-11,13H2,1H3. The lowest BCUT2D eigenvalue weighted by Gasteiger charge is -2.34. The molecule has 2 aromatic carbocycles. The van der Waals surface area contributed by atoms with Crippen molar-refractivity contribution in [2.45, 2.75) is 38.2 Å². The molecule has 0 amide bonds. The highest BCUT2D eigenvalue weighted by atomic mass is 16.3. The fourth-order valence-electron chi connectivity index (χ4n) is 3.05. The first-order chi connectivity index (χ1) is 9.21. The minimum Gasteiger partial charge on any atom is -0.385 e. The normalized spacial score (nSPS) is 22.0. The molecular formula is C18H20O. The molecule has 19 heavy (non-hydrogen) atoms. The molecule has 0 radical (unpaired) electrons. The Morgan fingerprint density at radius 2 is 1.84 bits per heavy atom. The summed E-state index contributed by atoms with van der Waals surface area (Å²) in [4.78, 5) is 0. The van der Waals surface area contributed by atoms with E-state index in [2.05, 4.69) is 55.5 Å². The first-order valence-electron chi connectivity index (χ1n) is 7.10. The van der Waals surface area contributed by atoms with Crippen LogP contribution in [0.3, 0.4) is 0 Å². The van der Waals surface area contributed by atoms with Crippen molar-refractivity contribution in [2.75, 3.05) is 0 Å². The maximum atomic E-state index is 11.0. The van der Waals surface area contributed by atoms with Crippen molar-refractivity contribution >= 4 is 0 Å². The molecule has 1 N–H and O–H groups in total. The van der Waals surface area contributed by atoms with Gasteiger partial charge in [-0.3, -0.25) is 0 Å². The number of fused-ring (bicyclic) bond motifs is 1. The molecule has 0 bridgehead atoms. The van der Waals surface area contributed by atoms with Gasteiger partial charge in [0.25, 0.3) is 0 Å². The van der Waals surface area contributed by atoms with Crippen LogP contribution in [0, 0.1) is 0 Å². The largest absolute Gasteiger partial charge is 0.385 e. The summed E-state index contributed by atoms with van der Waals surface area (Å²) < 4.78 is 0. The third-order valence-corrected chi connectivity index (χ3v) is 4.28. The van der Waals surface area contributed by atoms with Crippen molar-refractivity contribution in [3.05, 3.63) is 70.8 Å². The van der Waals surface area contributed by atoms with E-state index in [9.17, 15) is 5.11 Å². The van der Waals surface area contributed by atoms with Gasteiger partial charge in [0.05, 0.1) is 5.60 Å². The summed E-state index contributed by atoms with van der Waals surface area (Å²) in [6, 6.07) is 16.9. The van der Waals surface area contributed by atoms with Crippen molar-refractivity contribution in [3.63, 3.8) is 0 Å². The van der Waals surface area contributed by atoms with E-state index >= 15 is 0 Å². The van der Waals surface area contributed by atoms with Crippen LogP contribution in [0.4, 0.5) is 0 Å². The van der Waals surface area contributed by atoms with E-state index in [4.69, 9.17) is 0 Å². The molecule has 1 nitrogen and oxygen atoms in total. The second-order valence-corrected chi connectivity index (χ2v) is 5.53. The molecule has 0 heterocycles. The van der Waals surface area contributed by atoms with Crippen molar-refractivity contribution in [3.8, 4) is 0 Å². The molecule has 1 heteroatoms. The molecule has 0 fully saturated rings. The lowest BCUT2D eigenvalue weighted by Crippen LogP contribution is -2.33. The molecule has 3 rings (SSSR count). The van der Waals surface area contributed by atoms with Crippen LogP contribution in [0.2, 0.25) is 0 Å². The third kappa shape index (κ3) is 2.31. The van der Waals surface area contributed by atoms with Crippen LogP contribution in [-0.4, -0.2) is 5.11 Å². The number of aliphatic hydroxyl groups is 1. The van der Waals surface area contributed by atoms with E-state index in [1.165, 1.54) is 16.7 Å². The van der Waals surface area contributed by atoms with E-state index in [0.717, 1.165) is 31.2 Å². The fraction of sp³-hybridized carbons (Fsp3) is 0.333. The van der Waals surface area contributed by atoms with Crippen LogP contribution in [0.5, 0.6) is 0 Å². The summed E-state index contributed by atoms with van der Waals surface area (Å²) in [5.41, 5.74) is 4.35. The van der Waals surface area contributed by atoms with E-state index < -0.39 is 5.60 Å². The van der Waals surface area contributed by atoms with Gasteiger partial charge in [0.15, 0.2) is 0 Å². The van der Waals surface area contributed by atoms with Crippen LogP contribution >= 0.6 is 0 Å². The van der Waals surface area contributed by atoms with E-state index in [0.29, 0.717) is 0 Å². The van der Waals surface area contributed by atoms with Crippen molar-refractivity contribution in [1.82, 2.24) is 0 Å². The highest BCUT2D eigenvalue weighted by Crippen LogP contribution is 2.36. The van der Waals surface area contributed by atoms with E-state index in [-0.39, 0.29) is 0 Å². The number of hydrogen-bond donors (Lipinski definition) is 1. The lowest BCUT2D eigenvalue weighted by molar-refractivity contribution is 0.0222. The molecule has 0 spiro atoms. The number of rotatable bonds is 2. The van der Waals surface area contributed by atoms with Gasteiger partial charge in [-0.2, -0.15) is 0 Å². The Morgan fingerprint density at radius 1 is 1.05 bits per heavy atom. The Bertz CT molecular complexity index is 588. The molecule has 1 aliphatic carbocycles. The first-order valence-corrected chi connectivity index (χ1v) is 7.10. The zero-order valence-corrected chi connectivity index (χ0v) is 11.4. The monoisotopic (exact) mass is 252 g/mol. The highest BCUT2D eigenvalue weighted by molar-refractivity contribution is 5.37. The first kappa shape index (κ1) is 12.4. The van der Waals surface area contributed by atoms with Gasteiger partial charge in [0.1, 0.15) is 0 Å². The predicted octanol–water partition coefficient (Wildman–Crippen LogP) is 3.63. The van der Waals surface area contributed by atoms with Crippen molar-refractivity contribution in [2.24, 2.45) is 0 Å². The number of benzene rings is 2. The fourth-order valence-corrected chi connectivity index (χ4v) is 3.05. The molecule has 0 saturated carbocycles. The quantitative estimate of drug-likeness (QED) is 0.865. The SMILES string of the molecule is CCc1cccc(C2(O)CCc3ccccc3C2)c1. The average molecular weight is 252 g/mol. The Morgan fingerprint density at radius 3 is 2.63 bits per heavy atom. The van der Waals surface area contributed by atoms with E-state index in [1.807, 2.05) is 0 Å². The van der Waals surface area contributed by atoms with Gasteiger partial charge in [-0.05, 0) is 41.5 Å². The Hall–Kier alpha value is -1.60. The number of aryl methyl sites for hydroxylation is 2. The third-order valence-electron chi connectivity index (χ3n) is 4.28. The lowest BCUT2D eigenvalue weighted by atomic mass is 9.76. The minimum absolute atomic E-state index is 0.695. The summed E-state index contributed by atoms with van der Waals surface area (Å²) in [5.74, 6) is 0. The Kier molecular flexibility index (Phi) is 3.16. The molecule has 0 aromatic heterocycles. The summed E-state index contributed by atoms with van der Waals surface area (Å²) in [7, 11) is 0. The minimum atomic E-state index is -0.695. The smallest absolute Gasteiger partial charge is 0.0940 e. The second kappa shape index (κ2) is 4.82. The molecule has 0 saturated heterocycles. The average Bonchev–Trinajstić information content (AvgIpc) is 2.47. The highest BCUT2D eigenvalue weighted by Gasteiger charge is 2.33. The van der Waals surface area contributed by atoms with Gasteiger partial charge < -0.3 is 5.11 Å². The van der Waals surface area contributed by atoms with Gasteiger partial charge in [0, 0.05) is 6.42 Å². The molecule has 2 aromatic rings. The Balaban J connectivity index is 1.96. The maximum Gasteiger partial charge on any atom is 0.0940 e. The zero-order chi connectivity index (χ0) is 13.3. The van der Waals surface area contributed by atoms with Crippen LogP contribution in [-0.2, 0) is 24.9 Å². The second-order valence-electron chi connectivity index (χ2n) is 5.53. The van der Waals surface area contributed by atoms with Crippen molar-refractivity contribution < 1.29 is 5.11 Å². The van der Waals surface area contributed by atoms with Gasteiger partial charge in [0.2, 0.25) is 0 Å². The summed E-state index contributed by atoms with van der Waals surface area (Å²) in [6.07, 6.45) is 3.52. The number of hydrogen-bond acceptors (Lipinski definition) is 1. The molecule has 1 aliphatic rings. The van der Waals surface area contributed by atoms with Gasteiger partial charge in [-0.1, -0.05) is 55.5 Å². The van der Waals surface area contributed by atoms with Crippen LogP contribution < -0.4 is 0 Å². The Labute approximate surface area is 114 Å².